The van der Waals surface area contributed by atoms with E-state index in [1.54, 1.807) is 0 Å². The van der Waals surface area contributed by atoms with E-state index in [1.807, 2.05) is 0 Å². The fourth-order valence-corrected chi connectivity index (χ4v) is 3.79. The average Bonchev–Trinajstić information content (AvgIpc) is 2.85. The Balaban J connectivity index is -0.000000498. The van der Waals surface area contributed by atoms with Crippen LogP contribution in [0.4, 0.5) is 0 Å². The molecule has 0 saturated heterocycles. The van der Waals surface area contributed by atoms with Crippen LogP contribution in [0.3, 0.4) is 0 Å². The van der Waals surface area contributed by atoms with Crippen molar-refractivity contribution in [2.24, 2.45) is 0 Å². The maximum atomic E-state index is 10.1. The van der Waals surface area contributed by atoms with Gasteiger partial charge in [-0.05, 0) is 39.5 Å². The van der Waals surface area contributed by atoms with Crippen LogP contribution in [0, 0.1) is 0 Å². The number of carboxylic acid groups (broad SMARTS) is 3. The topological polar surface area (TPSA) is 182 Å². The first-order valence-corrected chi connectivity index (χ1v) is 15.4. The molecule has 0 saturated carbocycles. The lowest BCUT2D eigenvalue weighted by Crippen LogP contribution is -2.58. The Hall–Kier alpha value is -1.71. The minimum atomic E-state index is -1.79. The zero-order chi connectivity index (χ0) is 30.3. The van der Waals surface area contributed by atoms with Gasteiger partial charge in [-0.1, -0.05) is 104 Å². The predicted octanol–water partition coefficient (Wildman–Crippen LogP) is 2.64. The summed E-state index contributed by atoms with van der Waals surface area (Å²) in [5.41, 5.74) is 7.99. The van der Waals surface area contributed by atoms with E-state index in [4.69, 9.17) is 5.11 Å². The van der Waals surface area contributed by atoms with Crippen molar-refractivity contribution in [2.75, 3.05) is 6.61 Å². The molecule has 3 unspecified atom stereocenters. The number of carbonyl (C=O) groups is 3. The number of aliphatic carboxylic acids is 3. The number of quaternary nitrogens is 2. The molecule has 234 valence electrons. The molecule has 7 N–H and O–H groups in total. The van der Waals surface area contributed by atoms with Gasteiger partial charge in [-0.3, -0.25) is 0 Å². The lowest BCUT2D eigenvalue weighted by Gasteiger charge is -2.17. The van der Waals surface area contributed by atoms with Crippen LogP contribution in [-0.2, 0) is 19.1 Å². The van der Waals surface area contributed by atoms with E-state index in [2.05, 4.69) is 43.9 Å². The second-order valence-corrected chi connectivity index (χ2v) is 10.8. The molecule has 0 aromatic rings. The van der Waals surface area contributed by atoms with Crippen molar-refractivity contribution in [3.63, 3.8) is 0 Å². The van der Waals surface area contributed by atoms with Crippen molar-refractivity contribution >= 4 is 17.9 Å². The number of carbonyl (C=O) groups excluding carboxylic acids is 2. The van der Waals surface area contributed by atoms with Crippen molar-refractivity contribution in [3.05, 3.63) is 0 Å². The average molecular weight is 563 g/mol. The van der Waals surface area contributed by atoms with Gasteiger partial charge in [0.05, 0.1) is 18.1 Å². The van der Waals surface area contributed by atoms with Gasteiger partial charge in [0, 0.05) is 12.4 Å². The van der Waals surface area contributed by atoms with E-state index in [0.29, 0.717) is 12.1 Å². The maximum Gasteiger partial charge on any atom is 0.329 e. The van der Waals surface area contributed by atoms with Gasteiger partial charge in [0.2, 0.25) is 0 Å². The standard InChI is InChI=1S/2C12H27N.C6H8O7/c2*1-3-4-5-6-7-8-9-10-11-12(2)13;7-4(8)1-3(6(11)12)13-2-5(9)10/h2*12H,3-11,13H2,1-2H3;3H,1-2H2,(H,7,8)(H,9,10)(H,11,12). The van der Waals surface area contributed by atoms with Gasteiger partial charge in [0.15, 0.2) is 0 Å². The third kappa shape index (κ3) is 43.6. The van der Waals surface area contributed by atoms with Gasteiger partial charge in [0.1, 0.15) is 12.7 Å². The first-order valence-electron chi connectivity index (χ1n) is 15.4. The molecule has 0 fully saturated rings. The van der Waals surface area contributed by atoms with E-state index in [1.165, 1.54) is 116 Å². The Morgan fingerprint density at radius 3 is 1.26 bits per heavy atom. The summed E-state index contributed by atoms with van der Waals surface area (Å²) >= 11 is 0. The second kappa shape index (κ2) is 32.5. The highest BCUT2D eigenvalue weighted by Crippen LogP contribution is 2.10. The molecule has 0 aliphatic rings. The second-order valence-electron chi connectivity index (χ2n) is 10.8. The van der Waals surface area contributed by atoms with E-state index in [9.17, 15) is 24.6 Å². The monoisotopic (exact) mass is 562 g/mol. The first-order chi connectivity index (χ1) is 18.5. The molecule has 39 heavy (non-hydrogen) atoms. The molecular weight excluding hydrogens is 500 g/mol. The molecule has 0 radical (unpaired) electrons. The SMILES string of the molecule is CCCCCCCCCCC(C)[NH3+].CCCCCCCCCCC(C)[NH3+].O=C([O-])CC(OCC(=O)O)C(=O)[O-]. The van der Waals surface area contributed by atoms with Crippen LogP contribution in [0.2, 0.25) is 0 Å². The summed E-state index contributed by atoms with van der Waals surface area (Å²) in [4.78, 5) is 30.0. The quantitative estimate of drug-likeness (QED) is 0.151. The highest BCUT2D eigenvalue weighted by Gasteiger charge is 2.12. The van der Waals surface area contributed by atoms with Gasteiger partial charge < -0.3 is 41.1 Å². The Labute approximate surface area is 238 Å². The van der Waals surface area contributed by atoms with Crippen LogP contribution in [0.25, 0.3) is 0 Å². The molecular formula is C30H62N2O7. The molecule has 9 nitrogen and oxygen atoms in total. The Bertz CT molecular complexity index is 533. The van der Waals surface area contributed by atoms with Crippen molar-refractivity contribution in [1.29, 1.82) is 0 Å². The zero-order valence-corrected chi connectivity index (χ0v) is 25.7. The molecule has 0 bridgehead atoms. The van der Waals surface area contributed by atoms with E-state index < -0.39 is 37.0 Å². The molecule has 0 amide bonds. The van der Waals surface area contributed by atoms with Gasteiger partial charge in [-0.15, -0.1) is 0 Å². The van der Waals surface area contributed by atoms with E-state index in [0.717, 1.165) is 0 Å². The number of hydrogen-bond donors (Lipinski definition) is 3. The van der Waals surface area contributed by atoms with Crippen molar-refractivity contribution in [1.82, 2.24) is 0 Å². The number of carboxylic acids is 3. The summed E-state index contributed by atoms with van der Waals surface area (Å²) in [5.74, 6) is -4.84. The fourth-order valence-electron chi connectivity index (χ4n) is 3.79. The number of ether oxygens (including phenoxy) is 1. The Morgan fingerprint density at radius 1 is 0.667 bits per heavy atom. The van der Waals surface area contributed by atoms with Crippen LogP contribution >= 0.6 is 0 Å². The Kier molecular flexibility index (Phi) is 34.8. The van der Waals surface area contributed by atoms with E-state index in [-0.39, 0.29) is 0 Å². The highest BCUT2D eigenvalue weighted by atomic mass is 16.5. The molecule has 0 heterocycles. The van der Waals surface area contributed by atoms with Gasteiger partial charge in [-0.25, -0.2) is 4.79 Å². The van der Waals surface area contributed by atoms with Crippen LogP contribution in [-0.4, -0.2) is 47.8 Å². The van der Waals surface area contributed by atoms with Crippen molar-refractivity contribution in [3.8, 4) is 0 Å². The molecule has 0 aliphatic heterocycles. The molecule has 0 rings (SSSR count). The number of unbranched alkanes of at least 4 members (excludes halogenated alkanes) is 14. The van der Waals surface area contributed by atoms with Crippen molar-refractivity contribution < 1.29 is 45.9 Å². The Morgan fingerprint density at radius 2 is 1.00 bits per heavy atom. The summed E-state index contributed by atoms with van der Waals surface area (Å²) < 4.78 is 4.19. The van der Waals surface area contributed by atoms with Gasteiger partial charge in [-0.2, -0.15) is 0 Å². The molecule has 0 spiro atoms. The third-order valence-corrected chi connectivity index (χ3v) is 6.12. The number of rotatable bonds is 24. The summed E-state index contributed by atoms with van der Waals surface area (Å²) in [7, 11) is 0. The maximum absolute atomic E-state index is 10.1. The van der Waals surface area contributed by atoms with Crippen molar-refractivity contribution in [2.45, 2.75) is 168 Å². The summed E-state index contributed by atoms with van der Waals surface area (Å²) in [6.07, 6.45) is 22.7. The van der Waals surface area contributed by atoms with Crippen LogP contribution in [0.15, 0.2) is 0 Å². The smallest absolute Gasteiger partial charge is 0.329 e. The third-order valence-electron chi connectivity index (χ3n) is 6.12. The summed E-state index contributed by atoms with van der Waals surface area (Å²) in [5, 5.41) is 28.1. The molecule has 9 heteroatoms. The fraction of sp³-hybridized carbons (Fsp3) is 0.900. The molecule has 0 aromatic heterocycles. The summed E-state index contributed by atoms with van der Waals surface area (Å²) in [6, 6.07) is 1.31. The van der Waals surface area contributed by atoms with E-state index >= 15 is 0 Å². The molecule has 0 aromatic carbocycles. The molecule has 0 aliphatic carbocycles. The zero-order valence-electron chi connectivity index (χ0n) is 25.7. The normalized spacial score (nSPS) is 12.8. The van der Waals surface area contributed by atoms with Crippen LogP contribution in [0.5, 0.6) is 0 Å². The summed E-state index contributed by atoms with van der Waals surface area (Å²) in [6.45, 7) is 8.07. The van der Waals surface area contributed by atoms with Gasteiger partial charge >= 0.3 is 5.97 Å². The lowest BCUT2D eigenvalue weighted by molar-refractivity contribution is -0.416. The first kappa shape index (κ1) is 41.8. The van der Waals surface area contributed by atoms with Crippen LogP contribution in [0.1, 0.15) is 150 Å². The lowest BCUT2D eigenvalue weighted by atomic mass is 10.1. The van der Waals surface area contributed by atoms with Crippen LogP contribution < -0.4 is 21.7 Å². The largest absolute Gasteiger partial charge is 0.550 e. The minimum Gasteiger partial charge on any atom is -0.550 e. The van der Waals surface area contributed by atoms with Gasteiger partial charge in [0.25, 0.3) is 0 Å². The minimum absolute atomic E-state index is 0.653. The highest BCUT2D eigenvalue weighted by molar-refractivity contribution is 5.78. The number of hydrogen-bond acceptors (Lipinski definition) is 6. The molecule has 3 atom stereocenters. The predicted molar refractivity (Wildman–Crippen MR) is 151 cm³/mol.